The topological polar surface area (TPSA) is 21.3 Å². The second-order valence-electron chi connectivity index (χ2n) is 5.17. The van der Waals surface area contributed by atoms with Crippen LogP contribution in [0.2, 0.25) is 0 Å². The van der Waals surface area contributed by atoms with Crippen molar-refractivity contribution in [3.8, 4) is 0 Å². The predicted octanol–water partition coefficient (Wildman–Crippen LogP) is 2.44. The van der Waals surface area contributed by atoms with E-state index in [4.69, 9.17) is 4.74 Å². The molecule has 0 aliphatic carbocycles. The number of hydrogen-bond donors (Lipinski definition) is 1. The van der Waals surface area contributed by atoms with Crippen molar-refractivity contribution in [3.05, 3.63) is 0 Å². The summed E-state index contributed by atoms with van der Waals surface area (Å²) in [5, 5.41) is 3.52. The molecule has 0 aromatic rings. The van der Waals surface area contributed by atoms with Crippen molar-refractivity contribution in [2.45, 2.75) is 52.7 Å². The van der Waals surface area contributed by atoms with E-state index in [2.05, 4.69) is 33.0 Å². The minimum absolute atomic E-state index is 0.459. The molecule has 0 unspecified atom stereocenters. The van der Waals surface area contributed by atoms with Crippen LogP contribution >= 0.6 is 0 Å². The molecular weight excluding hydrogens is 174 g/mol. The summed E-state index contributed by atoms with van der Waals surface area (Å²) in [6.45, 7) is 11.0. The third kappa shape index (κ3) is 3.97. The molecule has 0 amide bonds. The Hall–Kier alpha value is -0.0800. The van der Waals surface area contributed by atoms with Gasteiger partial charge in [-0.25, -0.2) is 0 Å². The van der Waals surface area contributed by atoms with Crippen LogP contribution in [0.4, 0.5) is 0 Å². The van der Waals surface area contributed by atoms with E-state index in [1.165, 1.54) is 12.8 Å². The van der Waals surface area contributed by atoms with Gasteiger partial charge in [0.25, 0.3) is 0 Å². The first-order valence-electron chi connectivity index (χ1n) is 5.94. The zero-order valence-electron chi connectivity index (χ0n) is 10.0. The summed E-state index contributed by atoms with van der Waals surface area (Å²) >= 11 is 0. The van der Waals surface area contributed by atoms with Crippen molar-refractivity contribution in [2.24, 2.45) is 11.8 Å². The summed E-state index contributed by atoms with van der Waals surface area (Å²) in [6.07, 6.45) is 2.83. The van der Waals surface area contributed by atoms with Gasteiger partial charge in [-0.1, -0.05) is 27.7 Å². The molecule has 2 heteroatoms. The number of hydrogen-bond acceptors (Lipinski definition) is 2. The van der Waals surface area contributed by atoms with E-state index in [1.807, 2.05) is 0 Å². The molecule has 1 aliphatic rings. The van der Waals surface area contributed by atoms with Gasteiger partial charge in [0.2, 0.25) is 0 Å². The van der Waals surface area contributed by atoms with Crippen molar-refractivity contribution >= 4 is 0 Å². The first-order valence-corrected chi connectivity index (χ1v) is 5.94. The molecule has 1 fully saturated rings. The zero-order valence-corrected chi connectivity index (χ0v) is 10.0. The lowest BCUT2D eigenvalue weighted by Crippen LogP contribution is -2.26. The Balaban J connectivity index is 2.10. The minimum Gasteiger partial charge on any atom is -0.377 e. The van der Waals surface area contributed by atoms with Gasteiger partial charge >= 0.3 is 0 Å². The van der Waals surface area contributed by atoms with E-state index >= 15 is 0 Å². The van der Waals surface area contributed by atoms with Gasteiger partial charge < -0.3 is 10.1 Å². The van der Waals surface area contributed by atoms with Crippen LogP contribution < -0.4 is 5.32 Å². The molecule has 0 radical (unpaired) electrons. The molecule has 1 rings (SSSR count). The first kappa shape index (κ1) is 12.0. The second-order valence-corrected chi connectivity index (χ2v) is 5.17. The van der Waals surface area contributed by atoms with E-state index in [1.54, 1.807) is 0 Å². The van der Waals surface area contributed by atoms with Gasteiger partial charge in [0, 0.05) is 19.2 Å². The molecule has 84 valence electrons. The Kier molecular flexibility index (Phi) is 4.90. The highest BCUT2D eigenvalue weighted by molar-refractivity contribution is 4.84. The maximum absolute atomic E-state index is 5.83. The molecule has 0 spiro atoms. The van der Waals surface area contributed by atoms with Crippen molar-refractivity contribution in [2.75, 3.05) is 13.2 Å². The molecule has 2 nitrogen and oxygen atoms in total. The third-order valence-corrected chi connectivity index (χ3v) is 2.98. The quantitative estimate of drug-likeness (QED) is 0.734. The van der Waals surface area contributed by atoms with Crippen LogP contribution in [-0.2, 0) is 4.74 Å². The second kappa shape index (κ2) is 5.72. The monoisotopic (exact) mass is 199 g/mol. The normalized spacial score (nSPS) is 27.9. The van der Waals surface area contributed by atoms with Crippen LogP contribution in [0.1, 0.15) is 40.5 Å². The van der Waals surface area contributed by atoms with Gasteiger partial charge in [0.1, 0.15) is 0 Å². The summed E-state index contributed by atoms with van der Waals surface area (Å²) in [7, 11) is 0. The minimum atomic E-state index is 0.459. The Labute approximate surface area is 88.4 Å². The average Bonchev–Trinajstić information content (AvgIpc) is 2.52. The highest BCUT2D eigenvalue weighted by Gasteiger charge is 2.26. The zero-order chi connectivity index (χ0) is 10.6. The lowest BCUT2D eigenvalue weighted by atomic mass is 10.0. The van der Waals surface area contributed by atoms with Crippen LogP contribution in [0.5, 0.6) is 0 Å². The standard InChI is InChI=1S/C12H25NO/c1-9(2)5-6-14-11-7-12(10(3)4)13-8-11/h9-13H,5-8H2,1-4H3/t11-,12+/m1/s1. The van der Waals surface area contributed by atoms with Gasteiger partial charge in [-0.05, 0) is 24.7 Å². The molecule has 1 aliphatic heterocycles. The molecule has 0 saturated carbocycles. The van der Waals surface area contributed by atoms with Crippen molar-refractivity contribution in [3.63, 3.8) is 0 Å². The average molecular weight is 199 g/mol. The maximum atomic E-state index is 5.83. The molecule has 0 aromatic carbocycles. The largest absolute Gasteiger partial charge is 0.377 e. The van der Waals surface area contributed by atoms with E-state index in [-0.39, 0.29) is 0 Å². The maximum Gasteiger partial charge on any atom is 0.0714 e. The van der Waals surface area contributed by atoms with Crippen LogP contribution in [0.3, 0.4) is 0 Å². The van der Waals surface area contributed by atoms with E-state index in [0.717, 1.165) is 25.0 Å². The van der Waals surface area contributed by atoms with Crippen molar-refractivity contribution < 1.29 is 4.74 Å². The molecule has 0 bridgehead atoms. The molecule has 1 heterocycles. The molecule has 1 N–H and O–H groups in total. The van der Waals surface area contributed by atoms with Gasteiger partial charge in [-0.15, -0.1) is 0 Å². The third-order valence-electron chi connectivity index (χ3n) is 2.98. The summed E-state index contributed by atoms with van der Waals surface area (Å²) < 4.78 is 5.83. The van der Waals surface area contributed by atoms with Gasteiger partial charge in [-0.3, -0.25) is 0 Å². The fourth-order valence-corrected chi connectivity index (χ4v) is 1.84. The lowest BCUT2D eigenvalue weighted by Gasteiger charge is -2.15. The molecule has 0 aromatic heterocycles. The molecular formula is C12H25NO. The predicted molar refractivity (Wildman–Crippen MR) is 60.4 cm³/mol. The molecule has 14 heavy (non-hydrogen) atoms. The van der Waals surface area contributed by atoms with Gasteiger partial charge in [0.15, 0.2) is 0 Å². The lowest BCUT2D eigenvalue weighted by molar-refractivity contribution is 0.0573. The SMILES string of the molecule is CC(C)CCO[C@H]1CN[C@H](C(C)C)C1. The van der Waals surface area contributed by atoms with Gasteiger partial charge in [-0.2, -0.15) is 0 Å². The van der Waals surface area contributed by atoms with E-state index in [0.29, 0.717) is 12.1 Å². The van der Waals surface area contributed by atoms with E-state index < -0.39 is 0 Å². The van der Waals surface area contributed by atoms with Crippen LogP contribution in [-0.4, -0.2) is 25.3 Å². The number of ether oxygens (including phenoxy) is 1. The number of nitrogens with one attached hydrogen (secondary N) is 1. The fraction of sp³-hybridized carbons (Fsp3) is 1.00. The Morgan fingerprint density at radius 3 is 2.50 bits per heavy atom. The molecule has 2 atom stereocenters. The Morgan fingerprint density at radius 2 is 2.00 bits per heavy atom. The molecule has 1 saturated heterocycles. The van der Waals surface area contributed by atoms with E-state index in [9.17, 15) is 0 Å². The van der Waals surface area contributed by atoms with Crippen LogP contribution in [0, 0.1) is 11.8 Å². The first-order chi connectivity index (χ1) is 6.59. The highest BCUT2D eigenvalue weighted by Crippen LogP contribution is 2.17. The number of rotatable bonds is 5. The van der Waals surface area contributed by atoms with Crippen molar-refractivity contribution in [1.82, 2.24) is 5.32 Å². The Morgan fingerprint density at radius 1 is 1.29 bits per heavy atom. The summed E-state index contributed by atoms with van der Waals surface area (Å²) in [5.74, 6) is 1.49. The summed E-state index contributed by atoms with van der Waals surface area (Å²) in [4.78, 5) is 0. The Bertz CT molecular complexity index is 156. The van der Waals surface area contributed by atoms with Crippen molar-refractivity contribution in [1.29, 1.82) is 0 Å². The highest BCUT2D eigenvalue weighted by atomic mass is 16.5. The smallest absolute Gasteiger partial charge is 0.0714 e. The van der Waals surface area contributed by atoms with Crippen LogP contribution in [0.25, 0.3) is 0 Å². The van der Waals surface area contributed by atoms with Gasteiger partial charge in [0.05, 0.1) is 6.10 Å². The van der Waals surface area contributed by atoms with Crippen LogP contribution in [0.15, 0.2) is 0 Å². The fourth-order valence-electron chi connectivity index (χ4n) is 1.84. The summed E-state index contributed by atoms with van der Waals surface area (Å²) in [6, 6.07) is 0.666. The summed E-state index contributed by atoms with van der Waals surface area (Å²) in [5.41, 5.74) is 0.